The molecule has 24 heavy (non-hydrogen) atoms. The van der Waals surface area contributed by atoms with Crippen molar-refractivity contribution in [1.29, 1.82) is 0 Å². The van der Waals surface area contributed by atoms with E-state index in [-0.39, 0.29) is 0 Å². The average Bonchev–Trinajstić information content (AvgIpc) is 2.62. The number of methoxy groups -OCH3 is 2. The topological polar surface area (TPSA) is 76.7 Å². The normalized spacial score (nSPS) is 15.3. The molecule has 0 unspecified atom stereocenters. The van der Waals surface area contributed by atoms with Crippen LogP contribution in [0.15, 0.2) is 30.6 Å². The molecule has 0 saturated carbocycles. The van der Waals surface area contributed by atoms with Crippen LogP contribution in [0.4, 0.5) is 11.6 Å². The molecular formula is C17H23N5O2. The molecule has 0 radical (unpaired) electrons. The highest BCUT2D eigenvalue weighted by molar-refractivity contribution is 5.57. The van der Waals surface area contributed by atoms with Crippen LogP contribution >= 0.6 is 0 Å². The molecule has 1 fully saturated rings. The second kappa shape index (κ2) is 7.35. The van der Waals surface area contributed by atoms with Crippen LogP contribution in [-0.2, 0) is 6.54 Å². The van der Waals surface area contributed by atoms with Crippen molar-refractivity contribution < 1.29 is 9.47 Å². The van der Waals surface area contributed by atoms with Crippen molar-refractivity contribution in [3.8, 4) is 11.5 Å². The van der Waals surface area contributed by atoms with E-state index in [4.69, 9.17) is 15.2 Å². The molecule has 1 aliphatic rings. The first kappa shape index (κ1) is 16.3. The zero-order chi connectivity index (χ0) is 16.9. The Bertz CT molecular complexity index is 672. The lowest BCUT2D eigenvalue weighted by atomic mass is 10.1. The molecule has 7 nitrogen and oxygen atoms in total. The van der Waals surface area contributed by atoms with Crippen LogP contribution in [-0.4, -0.2) is 55.3 Å². The lowest BCUT2D eigenvalue weighted by Gasteiger charge is -2.35. The van der Waals surface area contributed by atoms with E-state index in [9.17, 15) is 0 Å². The van der Waals surface area contributed by atoms with Gasteiger partial charge in [0.1, 0.15) is 0 Å². The van der Waals surface area contributed by atoms with Gasteiger partial charge in [0, 0.05) is 62.4 Å². The molecule has 3 rings (SSSR count). The summed E-state index contributed by atoms with van der Waals surface area (Å²) in [5, 5.41) is 0. The van der Waals surface area contributed by atoms with Crippen LogP contribution in [0, 0.1) is 0 Å². The number of benzene rings is 1. The van der Waals surface area contributed by atoms with Crippen molar-refractivity contribution in [2.45, 2.75) is 6.54 Å². The van der Waals surface area contributed by atoms with Crippen LogP contribution in [0.3, 0.4) is 0 Å². The van der Waals surface area contributed by atoms with Crippen LogP contribution < -0.4 is 20.1 Å². The lowest BCUT2D eigenvalue weighted by molar-refractivity contribution is 0.243. The molecule has 2 aromatic rings. The van der Waals surface area contributed by atoms with Crippen LogP contribution in [0.1, 0.15) is 5.56 Å². The largest absolute Gasteiger partial charge is 0.493 e. The number of ether oxygens (including phenoxy) is 2. The minimum absolute atomic E-state index is 0.670. The molecule has 1 aromatic carbocycles. The predicted octanol–water partition coefficient (Wildman–Crippen LogP) is 1.40. The number of nitrogen functional groups attached to an aromatic ring is 1. The summed E-state index contributed by atoms with van der Waals surface area (Å²) in [7, 11) is 3.28. The third-order valence-corrected chi connectivity index (χ3v) is 4.18. The average molecular weight is 329 g/mol. The lowest BCUT2D eigenvalue weighted by Crippen LogP contribution is -2.46. The Balaban J connectivity index is 1.67. The summed E-state index contributed by atoms with van der Waals surface area (Å²) in [5.74, 6) is 2.21. The van der Waals surface area contributed by atoms with Gasteiger partial charge in [-0.25, -0.2) is 9.97 Å². The van der Waals surface area contributed by atoms with Gasteiger partial charge < -0.3 is 20.1 Å². The Labute approximate surface area is 142 Å². The van der Waals surface area contributed by atoms with E-state index in [0.717, 1.165) is 50.0 Å². The molecule has 1 aromatic heterocycles. The van der Waals surface area contributed by atoms with Gasteiger partial charge in [-0.15, -0.1) is 0 Å². The van der Waals surface area contributed by atoms with Gasteiger partial charge in [0.25, 0.3) is 0 Å². The Hall–Kier alpha value is -2.54. The zero-order valence-electron chi connectivity index (χ0n) is 14.1. The second-order valence-electron chi connectivity index (χ2n) is 5.73. The Morgan fingerprint density at radius 2 is 1.75 bits per heavy atom. The third-order valence-electron chi connectivity index (χ3n) is 4.18. The Morgan fingerprint density at radius 1 is 1.04 bits per heavy atom. The smallest absolute Gasteiger partial charge is 0.225 e. The molecule has 2 N–H and O–H groups in total. The number of anilines is 2. The molecular weight excluding hydrogens is 306 g/mol. The van der Waals surface area contributed by atoms with Crippen LogP contribution in [0.2, 0.25) is 0 Å². The summed E-state index contributed by atoms with van der Waals surface area (Å²) in [6.07, 6.45) is 3.55. The SMILES string of the molecule is COc1cc(N)cc(CN2CCN(c3ncccn3)CC2)c1OC. The summed E-state index contributed by atoms with van der Waals surface area (Å²) in [6, 6.07) is 5.57. The summed E-state index contributed by atoms with van der Waals surface area (Å²) < 4.78 is 10.9. The van der Waals surface area contributed by atoms with E-state index in [1.807, 2.05) is 12.1 Å². The predicted molar refractivity (Wildman–Crippen MR) is 93.5 cm³/mol. The Kier molecular flexibility index (Phi) is 5.00. The van der Waals surface area contributed by atoms with E-state index in [0.29, 0.717) is 11.4 Å². The van der Waals surface area contributed by atoms with Gasteiger partial charge in [0.05, 0.1) is 14.2 Å². The van der Waals surface area contributed by atoms with Crippen molar-refractivity contribution >= 4 is 11.6 Å². The monoisotopic (exact) mass is 329 g/mol. The highest BCUT2D eigenvalue weighted by atomic mass is 16.5. The minimum atomic E-state index is 0.670. The van der Waals surface area contributed by atoms with Gasteiger partial charge >= 0.3 is 0 Å². The van der Waals surface area contributed by atoms with E-state index in [2.05, 4.69) is 19.8 Å². The van der Waals surface area contributed by atoms with Crippen molar-refractivity contribution in [2.75, 3.05) is 51.0 Å². The van der Waals surface area contributed by atoms with Gasteiger partial charge in [-0.05, 0) is 12.1 Å². The maximum absolute atomic E-state index is 5.98. The van der Waals surface area contributed by atoms with Crippen LogP contribution in [0.5, 0.6) is 11.5 Å². The summed E-state index contributed by atoms with van der Waals surface area (Å²) in [6.45, 7) is 4.42. The van der Waals surface area contributed by atoms with Crippen LogP contribution in [0.25, 0.3) is 0 Å². The summed E-state index contributed by atoms with van der Waals surface area (Å²) in [5.41, 5.74) is 7.70. The number of rotatable bonds is 5. The summed E-state index contributed by atoms with van der Waals surface area (Å²) in [4.78, 5) is 13.2. The number of nitrogens with two attached hydrogens (primary N) is 1. The number of piperazine rings is 1. The second-order valence-corrected chi connectivity index (χ2v) is 5.73. The minimum Gasteiger partial charge on any atom is -0.493 e. The van der Waals surface area contributed by atoms with E-state index < -0.39 is 0 Å². The fraction of sp³-hybridized carbons (Fsp3) is 0.412. The first-order valence-electron chi connectivity index (χ1n) is 7.96. The van der Waals surface area contributed by atoms with Crippen molar-refractivity contribution in [3.05, 3.63) is 36.2 Å². The van der Waals surface area contributed by atoms with Gasteiger partial charge in [0.15, 0.2) is 11.5 Å². The number of hydrogen-bond donors (Lipinski definition) is 1. The molecule has 1 saturated heterocycles. The fourth-order valence-electron chi connectivity index (χ4n) is 2.99. The molecule has 7 heteroatoms. The molecule has 2 heterocycles. The van der Waals surface area contributed by atoms with Gasteiger partial charge in [-0.1, -0.05) is 0 Å². The van der Waals surface area contributed by atoms with E-state index in [1.165, 1.54) is 0 Å². The zero-order valence-corrected chi connectivity index (χ0v) is 14.1. The maximum atomic E-state index is 5.98. The highest BCUT2D eigenvalue weighted by Crippen LogP contribution is 2.34. The standard InChI is InChI=1S/C17H23N5O2/c1-23-15-11-14(18)10-13(16(15)24-2)12-21-6-8-22(9-7-21)17-19-4-3-5-20-17/h3-5,10-11H,6-9,12,18H2,1-2H3. The van der Waals surface area contributed by atoms with Gasteiger partial charge in [0.2, 0.25) is 5.95 Å². The fourth-order valence-corrected chi connectivity index (χ4v) is 2.99. The molecule has 128 valence electrons. The molecule has 1 aliphatic heterocycles. The first-order chi connectivity index (χ1) is 11.7. The maximum Gasteiger partial charge on any atom is 0.225 e. The van der Waals surface area contributed by atoms with Gasteiger partial charge in [-0.3, -0.25) is 4.90 Å². The molecule has 0 atom stereocenters. The molecule has 0 amide bonds. The molecule has 0 aliphatic carbocycles. The van der Waals surface area contributed by atoms with Crippen molar-refractivity contribution in [3.63, 3.8) is 0 Å². The molecule has 0 spiro atoms. The molecule has 0 bridgehead atoms. The van der Waals surface area contributed by atoms with E-state index >= 15 is 0 Å². The Morgan fingerprint density at radius 3 is 2.38 bits per heavy atom. The number of aromatic nitrogens is 2. The number of hydrogen-bond acceptors (Lipinski definition) is 7. The quantitative estimate of drug-likeness (QED) is 0.831. The van der Waals surface area contributed by atoms with Crippen molar-refractivity contribution in [2.24, 2.45) is 0 Å². The van der Waals surface area contributed by atoms with E-state index in [1.54, 1.807) is 32.7 Å². The summed E-state index contributed by atoms with van der Waals surface area (Å²) >= 11 is 0. The van der Waals surface area contributed by atoms with Gasteiger partial charge in [-0.2, -0.15) is 0 Å². The number of nitrogens with zero attached hydrogens (tertiary/aromatic N) is 4. The first-order valence-corrected chi connectivity index (χ1v) is 7.96. The highest BCUT2D eigenvalue weighted by Gasteiger charge is 2.21. The third kappa shape index (κ3) is 3.51. The van der Waals surface area contributed by atoms with Crippen molar-refractivity contribution in [1.82, 2.24) is 14.9 Å².